The molecular weight excluding hydrogens is 250 g/mol. The van der Waals surface area contributed by atoms with Gasteiger partial charge in [0.2, 0.25) is 0 Å². The number of aromatic nitrogens is 4. The number of fused-ring (bicyclic) bond motifs is 1. The average Bonchev–Trinajstić information content (AvgIpc) is 2.76. The van der Waals surface area contributed by atoms with Crippen LogP contribution in [0.3, 0.4) is 0 Å². The summed E-state index contributed by atoms with van der Waals surface area (Å²) in [4.78, 5) is 13.6. The molecule has 0 saturated carbocycles. The molecule has 20 heavy (non-hydrogen) atoms. The van der Waals surface area contributed by atoms with Crippen LogP contribution >= 0.6 is 0 Å². The van der Waals surface area contributed by atoms with Gasteiger partial charge in [0, 0.05) is 26.0 Å². The molecule has 0 aliphatic heterocycles. The minimum Gasteiger partial charge on any atom is -0.335 e. The van der Waals surface area contributed by atoms with Crippen LogP contribution in [0.25, 0.3) is 22.4 Å². The Morgan fingerprint density at radius 1 is 1.25 bits per heavy atom. The van der Waals surface area contributed by atoms with E-state index in [1.807, 2.05) is 43.8 Å². The van der Waals surface area contributed by atoms with Crippen LogP contribution in [0.1, 0.15) is 11.4 Å². The van der Waals surface area contributed by atoms with E-state index >= 15 is 0 Å². The zero-order chi connectivity index (χ0) is 14.1. The first-order valence-corrected chi connectivity index (χ1v) is 6.59. The molecule has 0 atom stereocenters. The Balaban J connectivity index is 2.35. The maximum absolute atomic E-state index is 4.61. The van der Waals surface area contributed by atoms with Gasteiger partial charge in [0.15, 0.2) is 0 Å². The van der Waals surface area contributed by atoms with Gasteiger partial charge in [-0.15, -0.1) is 0 Å². The van der Waals surface area contributed by atoms with Crippen molar-refractivity contribution in [1.29, 1.82) is 0 Å². The van der Waals surface area contributed by atoms with E-state index in [4.69, 9.17) is 0 Å². The van der Waals surface area contributed by atoms with Gasteiger partial charge in [0.05, 0.1) is 11.1 Å². The first kappa shape index (κ1) is 12.7. The van der Waals surface area contributed by atoms with Gasteiger partial charge in [-0.1, -0.05) is 6.07 Å². The van der Waals surface area contributed by atoms with Crippen LogP contribution in [0, 0.1) is 6.92 Å². The number of aryl methyl sites for hydroxylation is 2. The van der Waals surface area contributed by atoms with Gasteiger partial charge in [0.25, 0.3) is 0 Å². The number of rotatable bonds is 3. The maximum Gasteiger partial charge on any atom is 0.144 e. The Hall–Kier alpha value is -2.27. The number of hydrogen-bond donors (Lipinski definition) is 1. The third kappa shape index (κ3) is 2.06. The number of nitrogens with zero attached hydrogens (tertiary/aromatic N) is 4. The van der Waals surface area contributed by atoms with Crippen LogP contribution in [0.2, 0.25) is 0 Å². The summed E-state index contributed by atoms with van der Waals surface area (Å²) >= 11 is 0. The number of pyridine rings is 1. The SMILES string of the molecule is CNCc1cn(C)c2nc(C)nc(-c3ccccn3)c12. The molecule has 0 unspecified atom stereocenters. The first-order chi connectivity index (χ1) is 9.70. The Morgan fingerprint density at radius 3 is 2.80 bits per heavy atom. The van der Waals surface area contributed by atoms with Gasteiger partial charge in [-0.2, -0.15) is 0 Å². The molecule has 3 aromatic rings. The van der Waals surface area contributed by atoms with Gasteiger partial charge in [-0.05, 0) is 31.7 Å². The third-order valence-corrected chi connectivity index (χ3v) is 3.28. The van der Waals surface area contributed by atoms with E-state index in [-0.39, 0.29) is 0 Å². The number of hydrogen-bond acceptors (Lipinski definition) is 4. The van der Waals surface area contributed by atoms with Crippen molar-refractivity contribution in [2.75, 3.05) is 7.05 Å². The fourth-order valence-electron chi connectivity index (χ4n) is 2.48. The minimum absolute atomic E-state index is 0.760. The Kier molecular flexibility index (Phi) is 3.20. The lowest BCUT2D eigenvalue weighted by molar-refractivity contribution is 0.815. The molecule has 0 spiro atoms. The highest BCUT2D eigenvalue weighted by molar-refractivity contribution is 5.93. The van der Waals surface area contributed by atoms with Crippen molar-refractivity contribution in [2.24, 2.45) is 7.05 Å². The lowest BCUT2D eigenvalue weighted by Gasteiger charge is -2.06. The molecule has 3 aromatic heterocycles. The molecule has 0 saturated heterocycles. The molecule has 0 fully saturated rings. The lowest BCUT2D eigenvalue weighted by atomic mass is 10.1. The molecule has 0 aliphatic rings. The zero-order valence-corrected chi connectivity index (χ0v) is 11.9. The summed E-state index contributed by atoms with van der Waals surface area (Å²) in [5.74, 6) is 0.760. The van der Waals surface area contributed by atoms with Crippen LogP contribution < -0.4 is 5.32 Å². The normalized spacial score (nSPS) is 11.2. The predicted octanol–water partition coefficient (Wildman–Crippen LogP) is 2.06. The Bertz CT molecular complexity index is 746. The van der Waals surface area contributed by atoms with Crippen LogP contribution in [-0.4, -0.2) is 26.6 Å². The highest BCUT2D eigenvalue weighted by Crippen LogP contribution is 2.28. The van der Waals surface area contributed by atoms with E-state index in [1.165, 1.54) is 5.56 Å². The average molecular weight is 267 g/mol. The summed E-state index contributed by atoms with van der Waals surface area (Å²) < 4.78 is 2.04. The third-order valence-electron chi connectivity index (χ3n) is 3.28. The van der Waals surface area contributed by atoms with E-state index in [9.17, 15) is 0 Å². The standard InChI is InChI=1S/C15H17N5/c1-10-18-14(12-6-4-5-7-17-12)13-11(8-16-2)9-20(3)15(13)19-10/h4-7,9,16H,8H2,1-3H3. The molecule has 5 nitrogen and oxygen atoms in total. The molecule has 3 heterocycles. The van der Waals surface area contributed by atoms with E-state index in [0.29, 0.717) is 0 Å². The molecule has 0 amide bonds. The van der Waals surface area contributed by atoms with Crippen molar-refractivity contribution in [3.05, 3.63) is 42.0 Å². The fourth-order valence-corrected chi connectivity index (χ4v) is 2.48. The Morgan fingerprint density at radius 2 is 2.10 bits per heavy atom. The predicted molar refractivity (Wildman–Crippen MR) is 79.2 cm³/mol. The molecule has 0 aliphatic carbocycles. The summed E-state index contributed by atoms with van der Waals surface area (Å²) in [7, 11) is 3.95. The maximum atomic E-state index is 4.61. The highest BCUT2D eigenvalue weighted by Gasteiger charge is 2.16. The van der Waals surface area contributed by atoms with Crippen LogP contribution in [0.4, 0.5) is 0 Å². The summed E-state index contributed by atoms with van der Waals surface area (Å²) in [6.45, 7) is 2.69. The highest BCUT2D eigenvalue weighted by atomic mass is 15.0. The van der Waals surface area contributed by atoms with E-state index < -0.39 is 0 Å². The summed E-state index contributed by atoms with van der Waals surface area (Å²) in [5.41, 5.74) is 3.92. The van der Waals surface area contributed by atoms with Crippen molar-refractivity contribution < 1.29 is 0 Å². The second kappa shape index (κ2) is 5.02. The molecule has 0 aromatic carbocycles. The monoisotopic (exact) mass is 267 g/mol. The van der Waals surface area contributed by atoms with E-state index in [0.717, 1.165) is 34.8 Å². The lowest BCUT2D eigenvalue weighted by Crippen LogP contribution is -2.05. The minimum atomic E-state index is 0.760. The van der Waals surface area contributed by atoms with E-state index in [2.05, 4.69) is 26.5 Å². The molecular formula is C15H17N5. The van der Waals surface area contributed by atoms with Crippen molar-refractivity contribution in [2.45, 2.75) is 13.5 Å². The van der Waals surface area contributed by atoms with Gasteiger partial charge >= 0.3 is 0 Å². The van der Waals surface area contributed by atoms with Crippen LogP contribution in [-0.2, 0) is 13.6 Å². The van der Waals surface area contributed by atoms with Crippen molar-refractivity contribution in [3.8, 4) is 11.4 Å². The summed E-state index contributed by atoms with van der Waals surface area (Å²) in [6.07, 6.45) is 3.89. The zero-order valence-electron chi connectivity index (χ0n) is 11.9. The van der Waals surface area contributed by atoms with E-state index in [1.54, 1.807) is 6.20 Å². The van der Waals surface area contributed by atoms with Gasteiger partial charge in [-0.3, -0.25) is 4.98 Å². The summed E-state index contributed by atoms with van der Waals surface area (Å²) in [6, 6.07) is 5.87. The topological polar surface area (TPSA) is 55.6 Å². The second-order valence-corrected chi connectivity index (χ2v) is 4.83. The van der Waals surface area contributed by atoms with Gasteiger partial charge < -0.3 is 9.88 Å². The summed E-state index contributed by atoms with van der Waals surface area (Å²) in [5, 5.41) is 4.27. The fraction of sp³-hybridized carbons (Fsp3) is 0.267. The molecule has 5 heteroatoms. The molecule has 3 rings (SSSR count). The second-order valence-electron chi connectivity index (χ2n) is 4.83. The molecule has 1 N–H and O–H groups in total. The molecule has 102 valence electrons. The van der Waals surface area contributed by atoms with Crippen LogP contribution in [0.15, 0.2) is 30.6 Å². The van der Waals surface area contributed by atoms with Crippen molar-refractivity contribution >= 4 is 11.0 Å². The smallest absolute Gasteiger partial charge is 0.144 e. The largest absolute Gasteiger partial charge is 0.335 e. The van der Waals surface area contributed by atoms with Crippen LogP contribution in [0.5, 0.6) is 0 Å². The Labute approximate surface area is 117 Å². The van der Waals surface area contributed by atoms with Crippen molar-refractivity contribution in [1.82, 2.24) is 24.8 Å². The first-order valence-electron chi connectivity index (χ1n) is 6.59. The number of nitrogens with one attached hydrogen (secondary N) is 1. The molecule has 0 radical (unpaired) electrons. The van der Waals surface area contributed by atoms with Gasteiger partial charge in [-0.25, -0.2) is 9.97 Å². The van der Waals surface area contributed by atoms with Crippen molar-refractivity contribution in [3.63, 3.8) is 0 Å². The van der Waals surface area contributed by atoms with Gasteiger partial charge in [0.1, 0.15) is 17.2 Å². The quantitative estimate of drug-likeness (QED) is 0.789. The molecule has 0 bridgehead atoms.